The van der Waals surface area contributed by atoms with E-state index in [9.17, 15) is 5.11 Å². The van der Waals surface area contributed by atoms with Crippen molar-refractivity contribution in [2.45, 2.75) is 50.0 Å². The van der Waals surface area contributed by atoms with Crippen LogP contribution in [0.1, 0.15) is 43.2 Å². The maximum absolute atomic E-state index is 9.97. The molecule has 1 aromatic rings. The second kappa shape index (κ2) is 5.12. The molecular formula is C18H26INO. The number of hydrogen-bond acceptors (Lipinski definition) is 1. The summed E-state index contributed by atoms with van der Waals surface area (Å²) in [6, 6.07) is 6.94. The molecule has 1 saturated carbocycles. The molecule has 3 atom stereocenters. The van der Waals surface area contributed by atoms with Crippen molar-refractivity contribution in [1.29, 1.82) is 0 Å². The van der Waals surface area contributed by atoms with E-state index in [1.807, 2.05) is 6.07 Å². The number of halogens is 1. The van der Waals surface area contributed by atoms with Crippen molar-refractivity contribution in [3.05, 3.63) is 29.3 Å². The second-order valence-corrected chi connectivity index (χ2v) is 7.87. The van der Waals surface area contributed by atoms with Crippen LogP contribution in [0.5, 0.6) is 5.75 Å². The molecule has 0 spiro atoms. The third kappa shape index (κ3) is 2.14. The zero-order valence-electron chi connectivity index (χ0n) is 13.1. The van der Waals surface area contributed by atoms with Gasteiger partial charge < -0.3 is 33.6 Å². The van der Waals surface area contributed by atoms with Crippen LogP contribution >= 0.6 is 0 Å². The first-order chi connectivity index (χ1) is 9.53. The van der Waals surface area contributed by atoms with Gasteiger partial charge in [-0.3, -0.25) is 0 Å². The van der Waals surface area contributed by atoms with Gasteiger partial charge in [0.05, 0.1) is 26.7 Å². The van der Waals surface area contributed by atoms with Gasteiger partial charge in [-0.25, -0.2) is 0 Å². The highest BCUT2D eigenvalue weighted by Gasteiger charge is 2.57. The van der Waals surface area contributed by atoms with Crippen LogP contribution in [0.2, 0.25) is 0 Å². The first-order valence-corrected chi connectivity index (χ1v) is 8.18. The summed E-state index contributed by atoms with van der Waals surface area (Å²) in [5, 5.41) is 9.97. The number of nitrogens with zero attached hydrogens (tertiary/aromatic N) is 1. The molecule has 0 unspecified atom stereocenters. The van der Waals surface area contributed by atoms with Crippen LogP contribution in [-0.4, -0.2) is 36.3 Å². The molecule has 4 rings (SSSR count). The summed E-state index contributed by atoms with van der Waals surface area (Å²) in [5.41, 5.74) is 3.39. The molecular weight excluding hydrogens is 373 g/mol. The van der Waals surface area contributed by atoms with Gasteiger partial charge in [0, 0.05) is 24.2 Å². The number of likely N-dealkylation sites (tertiary alicyclic amines) is 1. The summed E-state index contributed by atoms with van der Waals surface area (Å²) in [6.45, 7) is 1.29. The monoisotopic (exact) mass is 399 g/mol. The second-order valence-electron chi connectivity index (χ2n) is 7.87. The largest absolute Gasteiger partial charge is 1.00 e. The first kappa shape index (κ1) is 15.6. The SMILES string of the molecule is C[N+]1(C)CC[C@@]23CCCC[C@@H]2[C@@H]1Cc1ccc(O)cc13.[I-]. The molecule has 3 aliphatic rings. The number of quaternary nitrogens is 1. The molecule has 2 aliphatic carbocycles. The average molecular weight is 399 g/mol. The van der Waals surface area contributed by atoms with Crippen LogP contribution in [0.4, 0.5) is 0 Å². The molecule has 1 N–H and O–H groups in total. The molecule has 1 aromatic carbocycles. The molecule has 2 nitrogen and oxygen atoms in total. The predicted molar refractivity (Wildman–Crippen MR) is 80.8 cm³/mol. The van der Waals surface area contributed by atoms with Crippen molar-refractivity contribution in [2.24, 2.45) is 5.92 Å². The molecule has 3 heteroatoms. The van der Waals surface area contributed by atoms with Crippen molar-refractivity contribution >= 4 is 0 Å². The lowest BCUT2D eigenvalue weighted by atomic mass is 9.52. The number of hydrogen-bond donors (Lipinski definition) is 1. The van der Waals surface area contributed by atoms with Crippen LogP contribution in [0.25, 0.3) is 0 Å². The molecule has 2 fully saturated rings. The smallest absolute Gasteiger partial charge is 0.115 e. The van der Waals surface area contributed by atoms with E-state index in [-0.39, 0.29) is 24.0 Å². The fourth-order valence-corrected chi connectivity index (χ4v) is 5.57. The van der Waals surface area contributed by atoms with Gasteiger partial charge in [-0.1, -0.05) is 18.9 Å². The molecule has 0 aromatic heterocycles. The molecule has 116 valence electrons. The van der Waals surface area contributed by atoms with Gasteiger partial charge in [-0.05, 0) is 36.1 Å². The number of aromatic hydroxyl groups is 1. The Bertz CT molecular complexity index is 556. The lowest BCUT2D eigenvalue weighted by molar-refractivity contribution is -0.927. The lowest BCUT2D eigenvalue weighted by Gasteiger charge is -2.60. The maximum Gasteiger partial charge on any atom is 0.115 e. The standard InChI is InChI=1S/C18H25NO.HI/c1-19(2)10-9-18-8-4-3-5-15(18)17(19)11-13-6-7-14(20)12-16(13)18;/h6-7,12,15,17H,3-5,8-11H2,1-2H3;1H/t15-,17+,18+;/m1./s1. The molecule has 2 bridgehead atoms. The molecule has 0 radical (unpaired) electrons. The van der Waals surface area contributed by atoms with Gasteiger partial charge in [-0.2, -0.15) is 0 Å². The summed E-state index contributed by atoms with van der Waals surface area (Å²) >= 11 is 0. The quantitative estimate of drug-likeness (QED) is 0.489. The first-order valence-electron chi connectivity index (χ1n) is 8.18. The Labute approximate surface area is 145 Å². The van der Waals surface area contributed by atoms with Gasteiger partial charge >= 0.3 is 0 Å². The van der Waals surface area contributed by atoms with Crippen molar-refractivity contribution in [2.75, 3.05) is 20.6 Å². The number of fused-ring (bicyclic) bond motifs is 1. The predicted octanol–water partition coefficient (Wildman–Crippen LogP) is 0.229. The van der Waals surface area contributed by atoms with Crippen LogP contribution in [-0.2, 0) is 11.8 Å². The molecule has 1 heterocycles. The molecule has 21 heavy (non-hydrogen) atoms. The van der Waals surface area contributed by atoms with E-state index in [2.05, 4.69) is 26.2 Å². The zero-order chi connectivity index (χ0) is 14.0. The average Bonchev–Trinajstić information content (AvgIpc) is 2.44. The number of benzene rings is 1. The van der Waals surface area contributed by atoms with Crippen LogP contribution in [0.15, 0.2) is 18.2 Å². The van der Waals surface area contributed by atoms with E-state index in [1.54, 1.807) is 0 Å². The van der Waals surface area contributed by atoms with E-state index >= 15 is 0 Å². The van der Waals surface area contributed by atoms with E-state index in [0.29, 0.717) is 11.2 Å². The van der Waals surface area contributed by atoms with E-state index in [0.717, 1.165) is 12.0 Å². The van der Waals surface area contributed by atoms with Crippen LogP contribution in [0.3, 0.4) is 0 Å². The molecule has 1 aliphatic heterocycles. The van der Waals surface area contributed by atoms with E-state index < -0.39 is 0 Å². The van der Waals surface area contributed by atoms with Crippen molar-refractivity contribution in [3.63, 3.8) is 0 Å². The minimum Gasteiger partial charge on any atom is -1.00 e. The Kier molecular flexibility index (Phi) is 3.80. The fraction of sp³-hybridized carbons (Fsp3) is 0.667. The minimum atomic E-state index is 0. The van der Waals surface area contributed by atoms with Gasteiger partial charge in [0.1, 0.15) is 5.75 Å². The number of phenolic OH excluding ortho intramolecular Hbond substituents is 1. The highest BCUT2D eigenvalue weighted by Crippen LogP contribution is 2.57. The fourth-order valence-electron chi connectivity index (χ4n) is 5.57. The summed E-state index contributed by atoms with van der Waals surface area (Å²) in [4.78, 5) is 0. The van der Waals surface area contributed by atoms with E-state index in [4.69, 9.17) is 0 Å². The Balaban J connectivity index is 0.00000132. The summed E-state index contributed by atoms with van der Waals surface area (Å²) in [7, 11) is 4.85. The maximum atomic E-state index is 9.97. The van der Waals surface area contributed by atoms with Gasteiger partial charge in [0.15, 0.2) is 0 Å². The van der Waals surface area contributed by atoms with Gasteiger partial charge in [0.25, 0.3) is 0 Å². The van der Waals surface area contributed by atoms with Gasteiger partial charge in [-0.15, -0.1) is 0 Å². The van der Waals surface area contributed by atoms with Crippen molar-refractivity contribution < 1.29 is 33.6 Å². The summed E-state index contributed by atoms with van der Waals surface area (Å²) < 4.78 is 1.19. The van der Waals surface area contributed by atoms with Crippen LogP contribution < -0.4 is 24.0 Å². The van der Waals surface area contributed by atoms with Crippen molar-refractivity contribution in [1.82, 2.24) is 0 Å². The topological polar surface area (TPSA) is 20.2 Å². The van der Waals surface area contributed by atoms with Crippen molar-refractivity contribution in [3.8, 4) is 5.75 Å². The Hall–Kier alpha value is -0.290. The Morgan fingerprint density at radius 1 is 1.19 bits per heavy atom. The third-order valence-electron chi connectivity index (χ3n) is 6.65. The Morgan fingerprint density at radius 2 is 2.00 bits per heavy atom. The highest BCUT2D eigenvalue weighted by atomic mass is 127. The minimum absolute atomic E-state index is 0. The highest BCUT2D eigenvalue weighted by molar-refractivity contribution is 5.44. The summed E-state index contributed by atoms with van der Waals surface area (Å²) in [6.07, 6.45) is 8.00. The zero-order valence-corrected chi connectivity index (χ0v) is 15.3. The van der Waals surface area contributed by atoms with Crippen LogP contribution in [0, 0.1) is 5.92 Å². The number of piperidine rings is 1. The summed E-state index contributed by atoms with van der Waals surface area (Å²) in [5.74, 6) is 1.29. The van der Waals surface area contributed by atoms with Gasteiger partial charge in [0.2, 0.25) is 0 Å². The Morgan fingerprint density at radius 3 is 2.81 bits per heavy atom. The third-order valence-corrected chi connectivity index (χ3v) is 6.65. The number of likely N-dealkylation sites (N-methyl/N-ethyl adjacent to an activating group) is 1. The molecule has 0 amide bonds. The number of rotatable bonds is 0. The van der Waals surface area contributed by atoms with E-state index in [1.165, 1.54) is 60.7 Å². The normalized spacial score (nSPS) is 36.1. The number of phenols is 1. The molecule has 1 saturated heterocycles. The lowest BCUT2D eigenvalue weighted by Crippen LogP contribution is -3.00.